The number of rotatable bonds is 7. The number of benzene rings is 1. The van der Waals surface area contributed by atoms with Crippen molar-refractivity contribution in [2.45, 2.75) is 18.7 Å². The Labute approximate surface area is 167 Å². The van der Waals surface area contributed by atoms with Crippen molar-refractivity contribution in [1.29, 1.82) is 0 Å². The highest BCUT2D eigenvalue weighted by Gasteiger charge is 2.15. The zero-order valence-electron chi connectivity index (χ0n) is 15.2. The summed E-state index contributed by atoms with van der Waals surface area (Å²) in [4.78, 5) is 20.9. The number of thiophene rings is 1. The molecule has 0 unspecified atom stereocenters. The van der Waals surface area contributed by atoms with E-state index in [1.165, 1.54) is 35.7 Å². The number of hydrogen-bond donors (Lipinski definition) is 2. The maximum Gasteiger partial charge on any atom is 0.263 e. The molecule has 0 spiro atoms. The number of hydrogen-bond acceptors (Lipinski definition) is 7. The Bertz CT molecular complexity index is 1090. The van der Waals surface area contributed by atoms with Crippen molar-refractivity contribution in [3.05, 3.63) is 76.5 Å². The maximum absolute atomic E-state index is 12.5. The number of anilines is 2. The Hall–Kier alpha value is -3.04. The monoisotopic (exact) mass is 414 g/mol. The van der Waals surface area contributed by atoms with Crippen LogP contribution in [0, 0.1) is 13.8 Å². The topological polar surface area (TPSA) is 101 Å². The number of carbonyl (C=O) groups excluding carboxylic acids is 1. The SMILES string of the molecule is Cc1cc(NS(=O)(=O)c2ccc(N/C=C/C(=O)c3cccs3)cc2)nc(C)n1. The summed E-state index contributed by atoms with van der Waals surface area (Å²) >= 11 is 1.37. The molecule has 28 heavy (non-hydrogen) atoms. The highest BCUT2D eigenvalue weighted by atomic mass is 32.2. The van der Waals surface area contributed by atoms with Gasteiger partial charge in [-0.05, 0) is 49.6 Å². The third-order valence-corrected chi connectivity index (χ3v) is 5.87. The molecule has 0 aliphatic carbocycles. The van der Waals surface area contributed by atoms with E-state index in [1.54, 1.807) is 38.1 Å². The lowest BCUT2D eigenvalue weighted by molar-refractivity contribution is 0.105. The molecule has 2 heterocycles. The summed E-state index contributed by atoms with van der Waals surface area (Å²) in [7, 11) is -3.77. The summed E-state index contributed by atoms with van der Waals surface area (Å²) in [6, 6.07) is 11.3. The van der Waals surface area contributed by atoms with Gasteiger partial charge in [-0.1, -0.05) is 6.07 Å². The van der Waals surface area contributed by atoms with Gasteiger partial charge >= 0.3 is 0 Å². The molecule has 2 aromatic heterocycles. The van der Waals surface area contributed by atoms with E-state index in [2.05, 4.69) is 20.0 Å². The summed E-state index contributed by atoms with van der Waals surface area (Å²) < 4.78 is 27.5. The second-order valence-corrected chi connectivity index (χ2v) is 8.52. The van der Waals surface area contributed by atoms with Gasteiger partial charge in [0.25, 0.3) is 10.0 Å². The van der Waals surface area contributed by atoms with Gasteiger partial charge in [-0.2, -0.15) is 0 Å². The molecule has 0 radical (unpaired) electrons. The number of nitrogens with zero attached hydrogens (tertiary/aromatic N) is 2. The minimum atomic E-state index is -3.77. The van der Waals surface area contributed by atoms with E-state index < -0.39 is 10.0 Å². The summed E-state index contributed by atoms with van der Waals surface area (Å²) in [5.74, 6) is 0.615. The van der Waals surface area contributed by atoms with Crippen molar-refractivity contribution in [1.82, 2.24) is 9.97 Å². The van der Waals surface area contributed by atoms with Gasteiger partial charge < -0.3 is 5.32 Å². The van der Waals surface area contributed by atoms with Crippen LogP contribution < -0.4 is 10.0 Å². The minimum absolute atomic E-state index is 0.0960. The number of aromatic nitrogens is 2. The fraction of sp³-hybridized carbons (Fsp3) is 0.105. The molecule has 144 valence electrons. The standard InChI is InChI=1S/C19H18N4O3S2/c1-13-12-19(22-14(2)21-13)23-28(25,26)16-7-5-15(6-8-16)20-10-9-17(24)18-4-3-11-27-18/h3-12,20H,1-2H3,(H,21,22,23)/b10-9+. The molecule has 1 aromatic carbocycles. The van der Waals surface area contributed by atoms with Gasteiger partial charge in [0.05, 0.1) is 9.77 Å². The average Bonchev–Trinajstić information content (AvgIpc) is 3.15. The molecule has 0 bridgehead atoms. The fourth-order valence-corrected chi connectivity index (χ4v) is 4.05. The molecule has 0 saturated heterocycles. The number of sulfonamides is 1. The second kappa shape index (κ2) is 8.32. The van der Waals surface area contributed by atoms with E-state index in [-0.39, 0.29) is 16.5 Å². The van der Waals surface area contributed by atoms with E-state index in [1.807, 2.05) is 11.4 Å². The molecule has 2 N–H and O–H groups in total. The second-order valence-electron chi connectivity index (χ2n) is 5.89. The first-order valence-electron chi connectivity index (χ1n) is 8.29. The van der Waals surface area contributed by atoms with E-state index >= 15 is 0 Å². The molecule has 0 atom stereocenters. The lowest BCUT2D eigenvalue weighted by atomic mass is 10.3. The highest BCUT2D eigenvalue weighted by molar-refractivity contribution is 7.92. The van der Waals surface area contributed by atoms with E-state index in [9.17, 15) is 13.2 Å². The Morgan fingerprint density at radius 3 is 2.50 bits per heavy atom. The molecular weight excluding hydrogens is 396 g/mol. The fourth-order valence-electron chi connectivity index (χ4n) is 2.41. The van der Waals surface area contributed by atoms with Crippen molar-refractivity contribution in [3.8, 4) is 0 Å². The molecule has 9 heteroatoms. The van der Waals surface area contributed by atoms with Crippen LogP contribution in [0.25, 0.3) is 0 Å². The van der Waals surface area contributed by atoms with Crippen molar-refractivity contribution < 1.29 is 13.2 Å². The van der Waals surface area contributed by atoms with Crippen LogP contribution in [0.2, 0.25) is 0 Å². The number of allylic oxidation sites excluding steroid dienone is 1. The molecule has 0 amide bonds. The molecule has 3 aromatic rings. The molecule has 3 rings (SSSR count). The molecule has 0 aliphatic heterocycles. The van der Waals surface area contributed by atoms with Gasteiger partial charge in [-0.25, -0.2) is 18.4 Å². The number of carbonyl (C=O) groups is 1. The lowest BCUT2D eigenvalue weighted by Crippen LogP contribution is -2.14. The van der Waals surface area contributed by atoms with Crippen LogP contribution in [0.3, 0.4) is 0 Å². The molecule has 7 nitrogen and oxygen atoms in total. The third kappa shape index (κ3) is 5.02. The van der Waals surface area contributed by atoms with Crippen LogP contribution in [0.4, 0.5) is 11.5 Å². The highest BCUT2D eigenvalue weighted by Crippen LogP contribution is 2.18. The number of aryl methyl sites for hydroxylation is 2. The Balaban J connectivity index is 1.66. The Morgan fingerprint density at radius 1 is 1.11 bits per heavy atom. The van der Waals surface area contributed by atoms with Crippen molar-refractivity contribution in [3.63, 3.8) is 0 Å². The Kier molecular flexibility index (Phi) is 5.86. The summed E-state index contributed by atoms with van der Waals surface area (Å²) in [6.45, 7) is 3.46. The number of nitrogens with one attached hydrogen (secondary N) is 2. The Morgan fingerprint density at radius 2 is 1.86 bits per heavy atom. The van der Waals surface area contributed by atoms with Gasteiger partial charge in [0, 0.05) is 29.7 Å². The smallest absolute Gasteiger partial charge is 0.263 e. The average molecular weight is 415 g/mol. The molecule has 0 aliphatic rings. The van der Waals surface area contributed by atoms with Crippen LogP contribution in [-0.2, 0) is 10.0 Å². The normalized spacial score (nSPS) is 11.5. The zero-order chi connectivity index (χ0) is 20.1. The van der Waals surface area contributed by atoms with Crippen molar-refractivity contribution in [2.24, 2.45) is 0 Å². The number of ketones is 1. The quantitative estimate of drug-likeness (QED) is 0.451. The van der Waals surface area contributed by atoms with Crippen LogP contribution in [0.15, 0.2) is 65.0 Å². The van der Waals surface area contributed by atoms with Gasteiger partial charge in [-0.15, -0.1) is 11.3 Å². The minimum Gasteiger partial charge on any atom is -0.362 e. The van der Waals surface area contributed by atoms with Crippen molar-refractivity contribution in [2.75, 3.05) is 10.0 Å². The molecular formula is C19H18N4O3S2. The van der Waals surface area contributed by atoms with Gasteiger partial charge in [0.1, 0.15) is 11.6 Å². The van der Waals surface area contributed by atoms with Crippen LogP contribution in [-0.4, -0.2) is 24.2 Å². The van der Waals surface area contributed by atoms with E-state index in [0.29, 0.717) is 22.1 Å². The predicted octanol–water partition coefficient (Wildman–Crippen LogP) is 3.76. The van der Waals surface area contributed by atoms with Gasteiger partial charge in [-0.3, -0.25) is 9.52 Å². The third-order valence-electron chi connectivity index (χ3n) is 3.62. The predicted molar refractivity (Wildman–Crippen MR) is 110 cm³/mol. The van der Waals surface area contributed by atoms with Crippen LogP contribution in [0.1, 0.15) is 21.2 Å². The van der Waals surface area contributed by atoms with Gasteiger partial charge in [0.2, 0.25) is 0 Å². The first-order valence-corrected chi connectivity index (χ1v) is 10.7. The maximum atomic E-state index is 12.5. The summed E-state index contributed by atoms with van der Waals surface area (Å²) in [5, 5.41) is 4.79. The molecule has 0 fully saturated rings. The van der Waals surface area contributed by atoms with Crippen molar-refractivity contribution >= 4 is 38.6 Å². The lowest BCUT2D eigenvalue weighted by Gasteiger charge is -2.09. The summed E-state index contributed by atoms with van der Waals surface area (Å²) in [6.07, 6.45) is 2.95. The first kappa shape index (κ1) is 19.7. The zero-order valence-corrected chi connectivity index (χ0v) is 16.8. The van der Waals surface area contributed by atoms with E-state index in [0.717, 1.165) is 0 Å². The van der Waals surface area contributed by atoms with Crippen LogP contribution >= 0.6 is 11.3 Å². The molecule has 0 saturated carbocycles. The van der Waals surface area contributed by atoms with E-state index in [4.69, 9.17) is 0 Å². The van der Waals surface area contributed by atoms with Crippen LogP contribution in [0.5, 0.6) is 0 Å². The van der Waals surface area contributed by atoms with Gasteiger partial charge in [0.15, 0.2) is 5.78 Å². The summed E-state index contributed by atoms with van der Waals surface area (Å²) in [5.41, 5.74) is 1.33. The first-order chi connectivity index (χ1) is 13.3. The largest absolute Gasteiger partial charge is 0.362 e.